The summed E-state index contributed by atoms with van der Waals surface area (Å²) in [6.07, 6.45) is 3.37. The third-order valence-corrected chi connectivity index (χ3v) is 4.43. The fraction of sp³-hybridized carbons (Fsp3) is 0. The molecule has 7 heteroatoms. The van der Waals surface area contributed by atoms with Crippen LogP contribution in [0, 0.1) is 0 Å². The molecule has 0 aromatic carbocycles. The number of hydrogen-bond donors (Lipinski definition) is 1. The first-order chi connectivity index (χ1) is 8.13. The minimum atomic E-state index is -0.929. The highest BCUT2D eigenvalue weighted by Gasteiger charge is 2.12. The van der Waals surface area contributed by atoms with Crippen LogP contribution in [-0.4, -0.2) is 20.5 Å². The van der Waals surface area contributed by atoms with E-state index in [4.69, 9.17) is 16.7 Å². The predicted octanol–water partition coefficient (Wildman–Crippen LogP) is 3.48. The second-order valence-electron chi connectivity index (χ2n) is 3.32. The highest BCUT2D eigenvalue weighted by Crippen LogP contribution is 2.31. The molecule has 0 aliphatic rings. The van der Waals surface area contributed by atoms with E-state index in [1.165, 1.54) is 11.3 Å². The second kappa shape index (κ2) is 3.83. The lowest BCUT2D eigenvalue weighted by atomic mass is 10.4. The summed E-state index contributed by atoms with van der Waals surface area (Å²) in [5, 5.41) is 8.85. The molecule has 3 rings (SSSR count). The van der Waals surface area contributed by atoms with Crippen LogP contribution in [0.4, 0.5) is 0 Å². The quantitative estimate of drug-likeness (QED) is 0.784. The normalized spacial score (nSPS) is 11.1. The first kappa shape index (κ1) is 10.8. The van der Waals surface area contributed by atoms with Crippen molar-refractivity contribution < 1.29 is 9.90 Å². The van der Waals surface area contributed by atoms with Crippen molar-refractivity contribution in [2.24, 2.45) is 0 Å². The van der Waals surface area contributed by atoms with Crippen LogP contribution in [0.15, 0.2) is 24.5 Å². The van der Waals surface area contributed by atoms with E-state index in [0.717, 1.165) is 21.9 Å². The van der Waals surface area contributed by atoms with E-state index in [-0.39, 0.29) is 4.88 Å². The molecule has 0 saturated carbocycles. The number of carboxylic acid groups (broad SMARTS) is 1. The van der Waals surface area contributed by atoms with E-state index in [0.29, 0.717) is 9.30 Å². The zero-order valence-corrected chi connectivity index (χ0v) is 10.6. The molecule has 1 N–H and O–H groups in total. The van der Waals surface area contributed by atoms with Crippen LogP contribution in [0.5, 0.6) is 0 Å². The van der Waals surface area contributed by atoms with Gasteiger partial charge in [0, 0.05) is 12.4 Å². The number of aromatic carboxylic acids is 1. The Bertz CT molecular complexity index is 681. The molecular formula is C10H5ClN2O2S2. The molecule has 3 aromatic rings. The maximum absolute atomic E-state index is 10.8. The molecule has 0 atom stereocenters. The number of thiazole rings is 1. The van der Waals surface area contributed by atoms with E-state index in [2.05, 4.69) is 4.98 Å². The third-order valence-electron chi connectivity index (χ3n) is 2.19. The molecule has 0 aliphatic carbocycles. The van der Waals surface area contributed by atoms with Crippen LogP contribution >= 0.6 is 34.3 Å². The molecule has 0 aliphatic heterocycles. The lowest BCUT2D eigenvalue weighted by Gasteiger charge is -1.86. The monoisotopic (exact) mass is 284 g/mol. The summed E-state index contributed by atoms with van der Waals surface area (Å²) in [7, 11) is 0. The predicted molar refractivity (Wildman–Crippen MR) is 68.4 cm³/mol. The van der Waals surface area contributed by atoms with E-state index in [1.807, 2.05) is 12.1 Å². The van der Waals surface area contributed by atoms with Gasteiger partial charge < -0.3 is 5.11 Å². The summed E-state index contributed by atoms with van der Waals surface area (Å²) >= 11 is 8.46. The average molecular weight is 285 g/mol. The molecule has 0 fully saturated rings. The number of fused-ring (bicyclic) bond motifs is 1. The number of aromatic nitrogens is 2. The number of nitrogens with zero attached hydrogens (tertiary/aromatic N) is 2. The van der Waals surface area contributed by atoms with Crippen molar-refractivity contribution in [3.8, 4) is 10.6 Å². The molecule has 0 unspecified atom stereocenters. The van der Waals surface area contributed by atoms with Crippen molar-refractivity contribution in [2.75, 3.05) is 0 Å². The number of halogens is 1. The Morgan fingerprint density at radius 3 is 2.76 bits per heavy atom. The van der Waals surface area contributed by atoms with Gasteiger partial charge in [0.05, 0.1) is 9.21 Å². The zero-order valence-electron chi connectivity index (χ0n) is 8.25. The molecule has 3 aromatic heterocycles. The van der Waals surface area contributed by atoms with Crippen molar-refractivity contribution in [3.05, 3.63) is 33.7 Å². The summed E-state index contributed by atoms with van der Waals surface area (Å²) in [5.74, 6) is -0.929. The zero-order chi connectivity index (χ0) is 12.0. The molecule has 0 bridgehead atoms. The Hall–Kier alpha value is -1.37. The van der Waals surface area contributed by atoms with Gasteiger partial charge in [-0.1, -0.05) is 22.9 Å². The Morgan fingerprint density at radius 1 is 1.35 bits per heavy atom. The summed E-state index contributed by atoms with van der Waals surface area (Å²) in [6.45, 7) is 0. The van der Waals surface area contributed by atoms with Crippen molar-refractivity contribution >= 4 is 45.2 Å². The number of carbonyl (C=O) groups is 1. The van der Waals surface area contributed by atoms with Gasteiger partial charge in [-0.15, -0.1) is 11.3 Å². The summed E-state index contributed by atoms with van der Waals surface area (Å²) < 4.78 is 2.43. The first-order valence-electron chi connectivity index (χ1n) is 4.61. The number of imidazole rings is 1. The van der Waals surface area contributed by atoms with Crippen LogP contribution in [0.3, 0.4) is 0 Å². The SMILES string of the molecule is O=C(O)c1cn2cc(-c3ccc(Cl)s3)nc2s1. The number of hydrogen-bond acceptors (Lipinski definition) is 4. The Kier molecular flexibility index (Phi) is 2.43. The lowest BCUT2D eigenvalue weighted by molar-refractivity contribution is 0.0702. The second-order valence-corrected chi connectivity index (χ2v) is 6.04. The fourth-order valence-electron chi connectivity index (χ4n) is 1.47. The molecule has 4 nitrogen and oxygen atoms in total. The highest BCUT2D eigenvalue weighted by molar-refractivity contribution is 7.19. The van der Waals surface area contributed by atoms with Crippen molar-refractivity contribution in [1.82, 2.24) is 9.38 Å². The molecule has 86 valence electrons. The molecular weight excluding hydrogens is 280 g/mol. The van der Waals surface area contributed by atoms with Crippen molar-refractivity contribution in [2.45, 2.75) is 0 Å². The van der Waals surface area contributed by atoms with Gasteiger partial charge >= 0.3 is 5.97 Å². The maximum atomic E-state index is 10.8. The standard InChI is InChI=1S/C10H5ClN2O2S2/c11-8-2-1-6(16-8)5-3-13-4-7(9(14)15)17-10(13)12-5/h1-4H,(H,14,15). The largest absolute Gasteiger partial charge is 0.477 e. The van der Waals surface area contributed by atoms with Crippen molar-refractivity contribution in [3.63, 3.8) is 0 Å². The third kappa shape index (κ3) is 1.84. The minimum Gasteiger partial charge on any atom is -0.477 e. The summed E-state index contributed by atoms with van der Waals surface area (Å²) in [5.41, 5.74) is 0.810. The molecule has 0 radical (unpaired) electrons. The van der Waals surface area contributed by atoms with Gasteiger partial charge in [0.15, 0.2) is 4.96 Å². The number of carboxylic acids is 1. The van der Waals surface area contributed by atoms with Crippen LogP contribution in [0.2, 0.25) is 4.34 Å². The van der Waals surface area contributed by atoms with Gasteiger partial charge in [0.25, 0.3) is 0 Å². The minimum absolute atomic E-state index is 0.281. The molecule has 0 saturated heterocycles. The Morgan fingerprint density at radius 2 is 2.18 bits per heavy atom. The van der Waals surface area contributed by atoms with E-state index in [9.17, 15) is 4.79 Å². The topological polar surface area (TPSA) is 54.6 Å². The van der Waals surface area contributed by atoms with Crippen molar-refractivity contribution in [1.29, 1.82) is 0 Å². The van der Waals surface area contributed by atoms with E-state index in [1.54, 1.807) is 16.8 Å². The lowest BCUT2D eigenvalue weighted by Crippen LogP contribution is -1.90. The van der Waals surface area contributed by atoms with Gasteiger partial charge in [0.2, 0.25) is 0 Å². The fourth-order valence-corrected chi connectivity index (χ4v) is 3.27. The number of thiophene rings is 1. The van der Waals surface area contributed by atoms with Crippen LogP contribution in [-0.2, 0) is 0 Å². The van der Waals surface area contributed by atoms with Gasteiger partial charge in [-0.25, -0.2) is 9.78 Å². The molecule has 0 amide bonds. The van der Waals surface area contributed by atoms with E-state index < -0.39 is 5.97 Å². The van der Waals surface area contributed by atoms with Crippen LogP contribution in [0.25, 0.3) is 15.5 Å². The van der Waals surface area contributed by atoms with Gasteiger partial charge in [0.1, 0.15) is 10.6 Å². The van der Waals surface area contributed by atoms with Gasteiger partial charge in [-0.05, 0) is 12.1 Å². The van der Waals surface area contributed by atoms with Crippen LogP contribution < -0.4 is 0 Å². The number of rotatable bonds is 2. The summed E-state index contributed by atoms with van der Waals surface area (Å²) in [6, 6.07) is 3.72. The van der Waals surface area contributed by atoms with Crippen LogP contribution in [0.1, 0.15) is 9.67 Å². The maximum Gasteiger partial charge on any atom is 0.347 e. The first-order valence-corrected chi connectivity index (χ1v) is 6.62. The van der Waals surface area contributed by atoms with Gasteiger partial charge in [-0.2, -0.15) is 0 Å². The molecule has 3 heterocycles. The Balaban J connectivity index is 2.09. The van der Waals surface area contributed by atoms with Gasteiger partial charge in [-0.3, -0.25) is 4.40 Å². The molecule has 17 heavy (non-hydrogen) atoms. The average Bonchev–Trinajstić information content (AvgIpc) is 2.88. The smallest absolute Gasteiger partial charge is 0.347 e. The Labute approximate surface area is 109 Å². The highest BCUT2D eigenvalue weighted by atomic mass is 35.5. The van der Waals surface area contributed by atoms with E-state index >= 15 is 0 Å². The molecule has 0 spiro atoms. The summed E-state index contributed by atoms with van der Waals surface area (Å²) in [4.78, 5) is 17.1.